The molecule has 0 fully saturated rings. The van der Waals surface area contributed by atoms with Gasteiger partial charge in [-0.3, -0.25) is 9.59 Å². The summed E-state index contributed by atoms with van der Waals surface area (Å²) in [5, 5.41) is 0.419. The van der Waals surface area contributed by atoms with Gasteiger partial charge in [0.2, 0.25) is 0 Å². The van der Waals surface area contributed by atoms with Gasteiger partial charge in [0.05, 0.1) is 18.2 Å². The maximum Gasteiger partial charge on any atom is 0.319 e. The predicted molar refractivity (Wildman–Crippen MR) is 88.5 cm³/mol. The highest BCUT2D eigenvalue weighted by Gasteiger charge is 2.47. The standard InChI is InChI=1S/C16H15NO4S2/c1-2-20-15(18)12-9-7-21-10-6-4-3-5-8(10)11(9)13-14(22-12)17-16(19)23-13/h3-6,9,11-12H,2,7H2,1H3,(H,17,19). The molecule has 120 valence electrons. The Hall–Kier alpha value is -1.73. The minimum atomic E-state index is -0.369. The fourth-order valence-electron chi connectivity index (χ4n) is 3.26. The monoisotopic (exact) mass is 349 g/mol. The molecule has 2 aliphatic rings. The van der Waals surface area contributed by atoms with E-state index < -0.39 is 0 Å². The van der Waals surface area contributed by atoms with Gasteiger partial charge < -0.3 is 14.5 Å². The third-order valence-electron chi connectivity index (χ3n) is 4.19. The Morgan fingerprint density at radius 2 is 2.26 bits per heavy atom. The lowest BCUT2D eigenvalue weighted by atomic mass is 9.80. The summed E-state index contributed by atoms with van der Waals surface area (Å²) in [6.07, 6.45) is 0. The summed E-state index contributed by atoms with van der Waals surface area (Å²) in [6.45, 7) is 2.59. The van der Waals surface area contributed by atoms with E-state index in [1.807, 2.05) is 24.3 Å². The van der Waals surface area contributed by atoms with Crippen molar-refractivity contribution in [3.63, 3.8) is 0 Å². The van der Waals surface area contributed by atoms with E-state index in [-0.39, 0.29) is 27.9 Å². The van der Waals surface area contributed by atoms with Gasteiger partial charge in [-0.1, -0.05) is 41.3 Å². The number of carbonyl (C=O) groups excluding carboxylic acids is 1. The molecule has 1 aromatic heterocycles. The number of thioether (sulfide) groups is 1. The number of fused-ring (bicyclic) bond motifs is 5. The predicted octanol–water partition coefficient (Wildman–Crippen LogP) is 2.61. The molecule has 2 aliphatic heterocycles. The van der Waals surface area contributed by atoms with Crippen molar-refractivity contribution in [3.8, 4) is 5.75 Å². The van der Waals surface area contributed by atoms with E-state index in [4.69, 9.17) is 9.47 Å². The van der Waals surface area contributed by atoms with Gasteiger partial charge in [-0.15, -0.1) is 0 Å². The van der Waals surface area contributed by atoms with Crippen LogP contribution in [0.3, 0.4) is 0 Å². The van der Waals surface area contributed by atoms with Gasteiger partial charge in [-0.05, 0) is 13.0 Å². The number of thiazole rings is 1. The normalized spacial score (nSPS) is 24.8. The molecule has 0 amide bonds. The zero-order valence-electron chi connectivity index (χ0n) is 12.4. The average molecular weight is 349 g/mol. The van der Waals surface area contributed by atoms with Crippen LogP contribution in [0.2, 0.25) is 0 Å². The second-order valence-electron chi connectivity index (χ2n) is 5.49. The zero-order chi connectivity index (χ0) is 16.0. The molecule has 3 atom stereocenters. The molecule has 4 rings (SSSR count). The number of para-hydroxylation sites is 1. The summed E-state index contributed by atoms with van der Waals surface area (Å²) in [5.74, 6) is 0.547. The van der Waals surface area contributed by atoms with E-state index in [0.29, 0.717) is 13.2 Å². The molecule has 0 saturated carbocycles. The Kier molecular flexibility index (Phi) is 3.69. The third-order valence-corrected chi connectivity index (χ3v) is 6.64. The zero-order valence-corrected chi connectivity index (χ0v) is 14.0. The van der Waals surface area contributed by atoms with Crippen LogP contribution in [0.4, 0.5) is 0 Å². The van der Waals surface area contributed by atoms with Crippen LogP contribution in [-0.4, -0.2) is 29.4 Å². The van der Waals surface area contributed by atoms with Crippen LogP contribution in [-0.2, 0) is 9.53 Å². The van der Waals surface area contributed by atoms with Gasteiger partial charge in [-0.25, -0.2) is 0 Å². The number of nitrogens with one attached hydrogen (secondary N) is 1. The minimum Gasteiger partial charge on any atom is -0.493 e. The van der Waals surface area contributed by atoms with E-state index in [9.17, 15) is 9.59 Å². The average Bonchev–Trinajstić information content (AvgIpc) is 2.93. The van der Waals surface area contributed by atoms with Crippen LogP contribution < -0.4 is 9.61 Å². The van der Waals surface area contributed by atoms with E-state index in [0.717, 1.165) is 21.2 Å². The molecule has 3 heterocycles. The first kappa shape index (κ1) is 14.8. The lowest BCUT2D eigenvalue weighted by Crippen LogP contribution is -2.41. The first-order chi connectivity index (χ1) is 11.2. The van der Waals surface area contributed by atoms with Crippen molar-refractivity contribution in [2.75, 3.05) is 13.2 Å². The number of carbonyl (C=O) groups is 1. The number of benzene rings is 1. The molecule has 0 bridgehead atoms. The van der Waals surface area contributed by atoms with Crippen molar-refractivity contribution in [2.45, 2.75) is 23.1 Å². The number of aromatic amines is 1. The van der Waals surface area contributed by atoms with E-state index in [1.165, 1.54) is 23.1 Å². The quantitative estimate of drug-likeness (QED) is 0.844. The van der Waals surface area contributed by atoms with E-state index in [2.05, 4.69) is 4.98 Å². The number of aromatic nitrogens is 1. The lowest BCUT2D eigenvalue weighted by Gasteiger charge is -2.39. The molecule has 5 nitrogen and oxygen atoms in total. The molecule has 0 spiro atoms. The Bertz CT molecular complexity index is 812. The van der Waals surface area contributed by atoms with Crippen molar-refractivity contribution in [3.05, 3.63) is 44.4 Å². The topological polar surface area (TPSA) is 68.4 Å². The Morgan fingerprint density at radius 3 is 3.09 bits per heavy atom. The highest BCUT2D eigenvalue weighted by molar-refractivity contribution is 8.00. The van der Waals surface area contributed by atoms with Crippen LogP contribution in [0.1, 0.15) is 23.3 Å². The molecular weight excluding hydrogens is 334 g/mol. The highest BCUT2D eigenvalue weighted by atomic mass is 32.2. The van der Waals surface area contributed by atoms with Crippen LogP contribution in [0, 0.1) is 5.92 Å². The summed E-state index contributed by atoms with van der Waals surface area (Å²) in [6, 6.07) is 7.83. The lowest BCUT2D eigenvalue weighted by molar-refractivity contribution is -0.144. The molecule has 0 radical (unpaired) electrons. The van der Waals surface area contributed by atoms with Crippen molar-refractivity contribution < 1.29 is 14.3 Å². The van der Waals surface area contributed by atoms with Gasteiger partial charge in [0, 0.05) is 22.3 Å². The van der Waals surface area contributed by atoms with Gasteiger partial charge in [-0.2, -0.15) is 0 Å². The van der Waals surface area contributed by atoms with Gasteiger partial charge in [0.15, 0.2) is 0 Å². The Labute approximate surface area is 141 Å². The number of ether oxygens (including phenoxy) is 2. The number of H-pyrrole nitrogens is 1. The first-order valence-electron chi connectivity index (χ1n) is 7.47. The summed E-state index contributed by atoms with van der Waals surface area (Å²) in [5.41, 5.74) is 1.04. The Morgan fingerprint density at radius 1 is 1.43 bits per heavy atom. The van der Waals surface area contributed by atoms with Crippen molar-refractivity contribution in [1.29, 1.82) is 0 Å². The first-order valence-corrected chi connectivity index (χ1v) is 9.16. The number of rotatable bonds is 2. The van der Waals surface area contributed by atoms with Crippen molar-refractivity contribution in [1.82, 2.24) is 4.98 Å². The largest absolute Gasteiger partial charge is 0.493 e. The molecule has 0 saturated heterocycles. The van der Waals surface area contributed by atoms with E-state index >= 15 is 0 Å². The molecule has 23 heavy (non-hydrogen) atoms. The summed E-state index contributed by atoms with van der Waals surface area (Å²) in [7, 11) is 0. The van der Waals surface area contributed by atoms with Crippen molar-refractivity contribution >= 4 is 29.1 Å². The summed E-state index contributed by atoms with van der Waals surface area (Å²) < 4.78 is 11.1. The van der Waals surface area contributed by atoms with Crippen LogP contribution in [0.25, 0.3) is 0 Å². The second-order valence-corrected chi connectivity index (χ2v) is 7.66. The number of hydrogen-bond donors (Lipinski definition) is 1. The highest BCUT2D eigenvalue weighted by Crippen LogP contribution is 2.53. The second kappa shape index (κ2) is 5.72. The molecule has 7 heteroatoms. The summed E-state index contributed by atoms with van der Waals surface area (Å²) in [4.78, 5) is 28.0. The molecule has 0 aliphatic carbocycles. The number of hydrogen-bond acceptors (Lipinski definition) is 6. The van der Waals surface area contributed by atoms with Gasteiger partial charge in [0.1, 0.15) is 11.0 Å². The van der Waals surface area contributed by atoms with Crippen LogP contribution in [0.15, 0.2) is 34.1 Å². The maximum absolute atomic E-state index is 12.4. The Balaban J connectivity index is 1.85. The maximum atomic E-state index is 12.4. The SMILES string of the molecule is CCOC(=O)C1Sc2[nH]c(=O)sc2C2c3ccccc3OCC12. The van der Waals surface area contributed by atoms with Crippen LogP contribution in [0.5, 0.6) is 5.75 Å². The van der Waals surface area contributed by atoms with E-state index in [1.54, 1.807) is 6.92 Å². The number of esters is 1. The molecular formula is C16H15NO4S2. The van der Waals surface area contributed by atoms with Crippen LogP contribution >= 0.6 is 23.1 Å². The molecule has 2 aromatic rings. The van der Waals surface area contributed by atoms with Gasteiger partial charge in [0.25, 0.3) is 0 Å². The fourth-order valence-corrected chi connectivity index (χ4v) is 5.74. The molecule has 1 aromatic carbocycles. The summed E-state index contributed by atoms with van der Waals surface area (Å²) >= 11 is 2.61. The molecule has 3 unspecified atom stereocenters. The smallest absolute Gasteiger partial charge is 0.319 e. The fraction of sp³-hybridized carbons (Fsp3) is 0.375. The molecule has 1 N–H and O–H groups in total. The van der Waals surface area contributed by atoms with Crippen molar-refractivity contribution in [2.24, 2.45) is 5.92 Å². The minimum absolute atomic E-state index is 0.00504. The third kappa shape index (κ3) is 2.38. The van der Waals surface area contributed by atoms with Gasteiger partial charge >= 0.3 is 10.8 Å².